The Morgan fingerprint density at radius 1 is 0.311 bits per heavy atom. The normalized spacial score (nSPS) is 12.1. The van der Waals surface area contributed by atoms with Crippen LogP contribution >= 0.6 is 0 Å². The summed E-state index contributed by atoms with van der Waals surface area (Å²) < 4.78 is 95.1. The lowest BCUT2D eigenvalue weighted by Crippen LogP contribution is -2.12. The van der Waals surface area contributed by atoms with Crippen LogP contribution < -0.4 is 0 Å². The molecule has 446 valence electrons. The molecule has 0 bridgehead atoms. The summed E-state index contributed by atoms with van der Waals surface area (Å²) in [5, 5.41) is 14.6. The monoisotopic (exact) mass is 1190 g/mol. The van der Waals surface area contributed by atoms with Crippen LogP contribution in [0.5, 0.6) is 0 Å². The lowest BCUT2D eigenvalue weighted by Gasteiger charge is -2.22. The van der Waals surface area contributed by atoms with E-state index >= 15 is 13.2 Å². The van der Waals surface area contributed by atoms with E-state index in [1.54, 1.807) is 24.3 Å². The highest BCUT2D eigenvalue weighted by Crippen LogP contribution is 2.49. The summed E-state index contributed by atoms with van der Waals surface area (Å²) in [6, 6.07) is 57.7. The first kappa shape index (κ1) is 59.1. The molecule has 0 spiro atoms. The van der Waals surface area contributed by atoms with Gasteiger partial charge in [-0.25, -0.2) is 0 Å². The minimum atomic E-state index is -5.21. The SMILES string of the molecule is Cc1cc(C)c(-c2ccc3c(c2)c2cc(-c4c(C)cc(C)cc4C)ccc2n3-c2ccc(-c3ccc(C(F)(F)F)cc3C(F)(F)F)c(-c3cc(C#N)ccc3-n3c4ccc(-c5c(C)cc(C)cc5C)cc4c4cc(-c5c(C)cc(C)cc5C)ccc43)c2)c(C)c1. The van der Waals surface area contributed by atoms with Crippen molar-refractivity contribution in [2.45, 2.75) is 95.4 Å². The fraction of sp³-hybridized carbons (Fsp3) is 0.173. The van der Waals surface area contributed by atoms with Crippen LogP contribution in [0.2, 0.25) is 0 Å². The van der Waals surface area contributed by atoms with Gasteiger partial charge in [0.25, 0.3) is 0 Å². The van der Waals surface area contributed by atoms with E-state index in [2.05, 4.69) is 220 Å². The molecule has 0 unspecified atom stereocenters. The number of fused-ring (bicyclic) bond motifs is 6. The third-order valence-electron chi connectivity index (χ3n) is 18.3. The molecule has 2 aromatic heterocycles. The number of nitrogens with zero attached hydrogens (tertiary/aromatic N) is 3. The number of rotatable bonds is 8. The van der Waals surface area contributed by atoms with Gasteiger partial charge in [-0.3, -0.25) is 0 Å². The highest BCUT2D eigenvalue weighted by Gasteiger charge is 2.39. The second-order valence-electron chi connectivity index (χ2n) is 25.0. The van der Waals surface area contributed by atoms with Gasteiger partial charge in [-0.05, 0) is 280 Å². The van der Waals surface area contributed by atoms with Crippen LogP contribution in [0.4, 0.5) is 26.3 Å². The van der Waals surface area contributed by atoms with E-state index in [0.717, 1.165) is 161 Å². The van der Waals surface area contributed by atoms with Crippen molar-refractivity contribution in [3.63, 3.8) is 0 Å². The summed E-state index contributed by atoms with van der Waals surface area (Å²) in [6.45, 7) is 25.3. The molecule has 2 heterocycles. The molecule has 0 amide bonds. The predicted molar refractivity (Wildman–Crippen MR) is 359 cm³/mol. The smallest absolute Gasteiger partial charge is 0.309 e. The molecule has 90 heavy (non-hydrogen) atoms. The number of halogens is 6. The van der Waals surface area contributed by atoms with Gasteiger partial charge in [0, 0.05) is 32.8 Å². The van der Waals surface area contributed by atoms with Gasteiger partial charge in [-0.1, -0.05) is 107 Å². The van der Waals surface area contributed by atoms with Crippen molar-refractivity contribution in [2.75, 3.05) is 0 Å². The number of hydrogen-bond acceptors (Lipinski definition) is 1. The Kier molecular flexibility index (Phi) is 14.2. The Hall–Kier alpha value is -9.91. The maximum absolute atomic E-state index is 15.7. The number of aryl methyl sites for hydroxylation is 12. The second-order valence-corrected chi connectivity index (χ2v) is 25.0. The number of alkyl halides is 6. The Bertz CT molecular complexity index is 4930. The molecule has 9 heteroatoms. The largest absolute Gasteiger partial charge is 0.417 e. The van der Waals surface area contributed by atoms with Gasteiger partial charge in [-0.15, -0.1) is 0 Å². The third-order valence-corrected chi connectivity index (χ3v) is 18.3. The molecule has 0 saturated heterocycles. The molecule has 0 aliphatic heterocycles. The maximum Gasteiger partial charge on any atom is 0.417 e. The van der Waals surface area contributed by atoms with E-state index in [1.165, 1.54) is 0 Å². The highest BCUT2D eigenvalue weighted by atomic mass is 19.4. The number of benzene rings is 11. The van der Waals surface area contributed by atoms with Crippen LogP contribution in [0.1, 0.15) is 83.5 Å². The Labute approximate surface area is 520 Å². The zero-order chi connectivity index (χ0) is 63.7. The van der Waals surface area contributed by atoms with Crippen molar-refractivity contribution >= 4 is 43.6 Å². The van der Waals surface area contributed by atoms with Crippen molar-refractivity contribution in [1.29, 1.82) is 5.26 Å². The minimum Gasteiger partial charge on any atom is -0.309 e. The predicted octanol–water partition coefficient (Wildman–Crippen LogP) is 23.5. The van der Waals surface area contributed by atoms with E-state index in [0.29, 0.717) is 23.0 Å². The van der Waals surface area contributed by atoms with Gasteiger partial charge in [0.2, 0.25) is 0 Å². The van der Waals surface area contributed by atoms with E-state index in [-0.39, 0.29) is 22.8 Å². The van der Waals surface area contributed by atoms with Crippen LogP contribution in [0.15, 0.2) is 176 Å². The Morgan fingerprint density at radius 2 is 0.667 bits per heavy atom. The molecule has 0 N–H and O–H groups in total. The minimum absolute atomic E-state index is 0.0260. The second kappa shape index (κ2) is 21.7. The summed E-state index contributed by atoms with van der Waals surface area (Å²) in [7, 11) is 0. The van der Waals surface area contributed by atoms with Crippen LogP contribution in [0.3, 0.4) is 0 Å². The molecule has 3 nitrogen and oxygen atoms in total. The summed E-state index contributed by atoms with van der Waals surface area (Å²) in [5.41, 5.74) is 24.2. The average Bonchev–Trinajstić information content (AvgIpc) is 1.50. The van der Waals surface area contributed by atoms with Gasteiger partial charge < -0.3 is 9.13 Å². The molecule has 0 radical (unpaired) electrons. The lowest BCUT2D eigenvalue weighted by atomic mass is 9.88. The van der Waals surface area contributed by atoms with E-state index in [1.807, 2.05) is 12.1 Å². The van der Waals surface area contributed by atoms with Crippen molar-refractivity contribution in [3.05, 3.63) is 259 Å². The van der Waals surface area contributed by atoms with Crippen LogP contribution in [0, 0.1) is 94.4 Å². The quantitative estimate of drug-likeness (QED) is 0.140. The molecule has 13 rings (SSSR count). The van der Waals surface area contributed by atoms with Gasteiger partial charge >= 0.3 is 12.4 Å². The highest BCUT2D eigenvalue weighted by molar-refractivity contribution is 6.14. The van der Waals surface area contributed by atoms with Gasteiger partial charge in [0.05, 0.1) is 50.5 Å². The molecule has 0 saturated carbocycles. The number of hydrogen-bond donors (Lipinski definition) is 0. The van der Waals surface area contributed by atoms with Crippen molar-refractivity contribution in [3.8, 4) is 84.2 Å². The fourth-order valence-corrected chi connectivity index (χ4v) is 15.1. The van der Waals surface area contributed by atoms with E-state index in [9.17, 15) is 18.4 Å². The maximum atomic E-state index is 15.7. The van der Waals surface area contributed by atoms with E-state index < -0.39 is 29.0 Å². The molecular formula is C81H65F6N3. The summed E-state index contributed by atoms with van der Waals surface area (Å²) in [4.78, 5) is 0. The van der Waals surface area contributed by atoms with Crippen LogP contribution in [-0.2, 0) is 12.4 Å². The molecule has 0 aliphatic rings. The zero-order valence-electron chi connectivity index (χ0n) is 52.4. The summed E-state index contributed by atoms with van der Waals surface area (Å²) in [5.74, 6) is 0. The first-order chi connectivity index (χ1) is 42.8. The fourth-order valence-electron chi connectivity index (χ4n) is 15.1. The van der Waals surface area contributed by atoms with Crippen molar-refractivity contribution in [1.82, 2.24) is 9.13 Å². The molecule has 0 fully saturated rings. The third kappa shape index (κ3) is 10.0. The summed E-state index contributed by atoms with van der Waals surface area (Å²) >= 11 is 0. The lowest BCUT2D eigenvalue weighted by molar-refractivity contribution is -0.142. The molecule has 0 atom stereocenters. The first-order valence-electron chi connectivity index (χ1n) is 30.2. The van der Waals surface area contributed by atoms with Gasteiger partial charge in [0.1, 0.15) is 0 Å². The van der Waals surface area contributed by atoms with Gasteiger partial charge in [0.15, 0.2) is 0 Å². The van der Waals surface area contributed by atoms with Crippen LogP contribution in [0.25, 0.3) is 122 Å². The molecule has 0 aliphatic carbocycles. The standard InChI is InChI=1S/C81H65F6N3/c1-43-27-47(5)76(48(6)28-43)56-14-23-71-66(36-56)67-37-57(77-49(7)29-44(2)30-50(77)8)15-24-72(67)89(71)61-19-21-62(63-20-18-60(80(82,83)84)40-70(63)81(85,86)87)64(41-61)65-35-55(42-88)13-22-73(65)90-74-25-16-58(78-51(9)31-45(3)32-52(78)10)38-68(74)69-39-59(17-26-75(69)90)79-53(11)33-46(4)34-54(79)12/h13-41H,1-12H3. The summed E-state index contributed by atoms with van der Waals surface area (Å²) in [6.07, 6.45) is -10.3. The van der Waals surface area contributed by atoms with E-state index in [4.69, 9.17) is 0 Å². The van der Waals surface area contributed by atoms with Gasteiger partial charge in [-0.2, -0.15) is 31.6 Å². The molecular weight excluding hydrogens is 1130 g/mol. The molecule has 13 aromatic rings. The topological polar surface area (TPSA) is 33.6 Å². The number of aromatic nitrogens is 2. The molecule has 11 aromatic carbocycles. The Balaban J connectivity index is 1.14. The average molecular weight is 1190 g/mol. The number of nitriles is 1. The zero-order valence-corrected chi connectivity index (χ0v) is 52.4. The van der Waals surface area contributed by atoms with Crippen molar-refractivity contribution in [2.24, 2.45) is 0 Å². The van der Waals surface area contributed by atoms with Crippen LogP contribution in [-0.4, -0.2) is 9.13 Å². The first-order valence-corrected chi connectivity index (χ1v) is 30.2. The van der Waals surface area contributed by atoms with Crippen molar-refractivity contribution < 1.29 is 26.3 Å². The Morgan fingerprint density at radius 3 is 1.01 bits per heavy atom.